The molecule has 0 fully saturated rings. The molecule has 0 radical (unpaired) electrons. The largest absolute Gasteiger partial charge is 0.458 e. The molecule has 4 heterocycles. The highest BCUT2D eigenvalue weighted by molar-refractivity contribution is 6.21. The van der Waals surface area contributed by atoms with Crippen LogP contribution in [0.5, 0.6) is 5.75 Å². The molecule has 3 aromatic carbocycles. The number of hydrogen-bond donors (Lipinski definition) is 0. The standard InChI is InChI=1S/C35H28N4O/c1-4-24-22-38(3)34-27(24)18-19-30-33(34)28-13-6-7-14-29(28)39(30)32-20-21-36-35(37-32)26-12-9-11-25-10-5-8-15-31(25)40-23(2)16-17-26/h4-8,10,12-22H,1-2,9,11H2,3H3/b17-16-,26-12+. The highest BCUT2D eigenvalue weighted by Gasteiger charge is 2.19. The topological polar surface area (TPSA) is 44.9 Å². The first-order valence-electron chi connectivity index (χ1n) is 13.4. The molecule has 1 aliphatic heterocycles. The average Bonchev–Trinajstić information content (AvgIpc) is 3.49. The van der Waals surface area contributed by atoms with Crippen LogP contribution in [0.25, 0.3) is 50.2 Å². The number of allylic oxidation sites excluding steroid dienone is 4. The summed E-state index contributed by atoms with van der Waals surface area (Å²) in [5, 5.41) is 3.58. The lowest BCUT2D eigenvalue weighted by Crippen LogP contribution is -2.03. The zero-order valence-corrected chi connectivity index (χ0v) is 22.3. The van der Waals surface area contributed by atoms with E-state index in [9.17, 15) is 0 Å². The van der Waals surface area contributed by atoms with Gasteiger partial charge in [-0.2, -0.15) is 0 Å². The number of para-hydroxylation sites is 2. The number of aryl methyl sites for hydroxylation is 2. The Morgan fingerprint density at radius 1 is 0.925 bits per heavy atom. The van der Waals surface area contributed by atoms with Crippen LogP contribution in [0.4, 0.5) is 0 Å². The molecule has 194 valence electrons. The average molecular weight is 521 g/mol. The van der Waals surface area contributed by atoms with Crippen LogP contribution in [-0.4, -0.2) is 19.1 Å². The molecule has 5 nitrogen and oxygen atoms in total. The van der Waals surface area contributed by atoms with E-state index in [1.165, 1.54) is 21.7 Å². The van der Waals surface area contributed by atoms with Crippen LogP contribution in [0.2, 0.25) is 0 Å². The van der Waals surface area contributed by atoms with Crippen LogP contribution in [-0.2, 0) is 13.5 Å². The van der Waals surface area contributed by atoms with Crippen LogP contribution in [0, 0.1) is 0 Å². The molecular weight excluding hydrogens is 492 g/mol. The minimum absolute atomic E-state index is 0.573. The minimum atomic E-state index is 0.573. The Balaban J connectivity index is 1.39. The molecule has 0 aliphatic carbocycles. The summed E-state index contributed by atoms with van der Waals surface area (Å²) in [5.74, 6) is 2.91. The van der Waals surface area contributed by atoms with Crippen molar-refractivity contribution in [2.45, 2.75) is 12.8 Å². The normalized spacial score (nSPS) is 15.9. The van der Waals surface area contributed by atoms with Gasteiger partial charge >= 0.3 is 0 Å². The Labute approximate surface area is 232 Å². The molecule has 5 heteroatoms. The molecule has 0 saturated heterocycles. The lowest BCUT2D eigenvalue weighted by Gasteiger charge is -2.13. The van der Waals surface area contributed by atoms with E-state index in [-0.39, 0.29) is 0 Å². The van der Waals surface area contributed by atoms with Crippen molar-refractivity contribution in [3.8, 4) is 11.6 Å². The van der Waals surface area contributed by atoms with Crippen LogP contribution in [0.1, 0.15) is 23.4 Å². The molecule has 1 aliphatic rings. The fourth-order valence-electron chi connectivity index (χ4n) is 5.79. The van der Waals surface area contributed by atoms with Crippen LogP contribution in [0.3, 0.4) is 0 Å². The molecule has 40 heavy (non-hydrogen) atoms. The second-order valence-electron chi connectivity index (χ2n) is 10.1. The predicted molar refractivity (Wildman–Crippen MR) is 165 cm³/mol. The number of rotatable bonds is 3. The van der Waals surface area contributed by atoms with E-state index >= 15 is 0 Å². The van der Waals surface area contributed by atoms with Gasteiger partial charge in [-0.1, -0.05) is 67.8 Å². The van der Waals surface area contributed by atoms with Crippen LogP contribution < -0.4 is 4.74 Å². The van der Waals surface area contributed by atoms with Gasteiger partial charge in [0.2, 0.25) is 0 Å². The lowest BCUT2D eigenvalue weighted by molar-refractivity contribution is 0.441. The van der Waals surface area contributed by atoms with Crippen molar-refractivity contribution < 1.29 is 4.74 Å². The smallest absolute Gasteiger partial charge is 0.161 e. The zero-order chi connectivity index (χ0) is 27.2. The monoisotopic (exact) mass is 520 g/mol. The highest BCUT2D eigenvalue weighted by atomic mass is 16.5. The molecule has 0 saturated carbocycles. The summed E-state index contributed by atoms with van der Waals surface area (Å²) in [6, 6.07) is 23.0. The molecule has 0 bridgehead atoms. The van der Waals surface area contributed by atoms with Gasteiger partial charge in [0.15, 0.2) is 5.82 Å². The quantitative estimate of drug-likeness (QED) is 0.236. The van der Waals surface area contributed by atoms with Gasteiger partial charge in [-0.3, -0.25) is 4.57 Å². The number of aromatic nitrogens is 4. The third-order valence-electron chi connectivity index (χ3n) is 7.60. The van der Waals surface area contributed by atoms with Crippen molar-refractivity contribution >= 4 is 44.4 Å². The Morgan fingerprint density at radius 3 is 2.67 bits per heavy atom. The maximum Gasteiger partial charge on any atom is 0.161 e. The number of benzene rings is 3. The van der Waals surface area contributed by atoms with Gasteiger partial charge in [0.25, 0.3) is 0 Å². The summed E-state index contributed by atoms with van der Waals surface area (Å²) in [4.78, 5) is 9.78. The third kappa shape index (κ3) is 3.86. The second kappa shape index (κ2) is 9.54. The molecule has 6 aromatic rings. The Hall–Kier alpha value is -5.16. The third-order valence-corrected chi connectivity index (χ3v) is 7.60. The van der Waals surface area contributed by atoms with E-state index in [0.29, 0.717) is 11.6 Å². The van der Waals surface area contributed by atoms with Crippen molar-refractivity contribution in [3.05, 3.63) is 133 Å². The molecule has 0 amide bonds. The lowest BCUT2D eigenvalue weighted by atomic mass is 10.1. The summed E-state index contributed by atoms with van der Waals surface area (Å²) >= 11 is 0. The van der Waals surface area contributed by atoms with Gasteiger partial charge in [0.1, 0.15) is 17.3 Å². The molecule has 0 spiro atoms. The first-order chi connectivity index (χ1) is 19.6. The fourth-order valence-corrected chi connectivity index (χ4v) is 5.79. The van der Waals surface area contributed by atoms with E-state index in [4.69, 9.17) is 9.72 Å². The van der Waals surface area contributed by atoms with Gasteiger partial charge < -0.3 is 9.30 Å². The molecule has 0 N–H and O–H groups in total. The molecule has 0 atom stereocenters. The van der Waals surface area contributed by atoms with E-state index in [1.54, 1.807) is 0 Å². The summed E-state index contributed by atoms with van der Waals surface area (Å²) in [6.45, 7) is 8.12. The first-order valence-corrected chi connectivity index (χ1v) is 13.4. The van der Waals surface area contributed by atoms with Crippen molar-refractivity contribution in [3.63, 3.8) is 0 Å². The minimum Gasteiger partial charge on any atom is -0.458 e. The van der Waals surface area contributed by atoms with Gasteiger partial charge in [-0.05, 0) is 60.4 Å². The maximum atomic E-state index is 6.03. The van der Waals surface area contributed by atoms with Gasteiger partial charge in [-0.15, -0.1) is 0 Å². The summed E-state index contributed by atoms with van der Waals surface area (Å²) in [6.07, 6.45) is 13.7. The maximum absolute atomic E-state index is 6.03. The predicted octanol–water partition coefficient (Wildman–Crippen LogP) is 8.19. The number of ether oxygens (including phenoxy) is 1. The fraction of sp³-hybridized carbons (Fsp3) is 0.0857. The molecule has 0 unspecified atom stereocenters. The van der Waals surface area contributed by atoms with E-state index in [0.717, 1.165) is 52.1 Å². The Kier molecular flexibility index (Phi) is 5.71. The molecule has 7 rings (SSSR count). The Bertz CT molecular complexity index is 2040. The molecule has 3 aromatic heterocycles. The van der Waals surface area contributed by atoms with Crippen molar-refractivity contribution in [2.24, 2.45) is 7.05 Å². The highest BCUT2D eigenvalue weighted by Crippen LogP contribution is 2.38. The van der Waals surface area contributed by atoms with E-state index in [2.05, 4.69) is 89.1 Å². The number of hydrogen-bond acceptors (Lipinski definition) is 3. The van der Waals surface area contributed by atoms with Crippen molar-refractivity contribution in [2.75, 3.05) is 0 Å². The van der Waals surface area contributed by atoms with Crippen LogP contribution >= 0.6 is 0 Å². The van der Waals surface area contributed by atoms with Crippen LogP contribution in [0.15, 0.2) is 116 Å². The summed E-state index contributed by atoms with van der Waals surface area (Å²) in [5.41, 5.74) is 6.61. The Morgan fingerprint density at radius 2 is 1.77 bits per heavy atom. The second-order valence-corrected chi connectivity index (χ2v) is 10.1. The number of fused-ring (bicyclic) bond motifs is 6. The first kappa shape index (κ1) is 23.9. The van der Waals surface area contributed by atoms with Gasteiger partial charge in [-0.25, -0.2) is 9.97 Å². The zero-order valence-electron chi connectivity index (χ0n) is 22.3. The van der Waals surface area contributed by atoms with E-state index < -0.39 is 0 Å². The summed E-state index contributed by atoms with van der Waals surface area (Å²) < 4.78 is 10.5. The summed E-state index contributed by atoms with van der Waals surface area (Å²) in [7, 11) is 2.10. The van der Waals surface area contributed by atoms with Crippen molar-refractivity contribution in [1.82, 2.24) is 19.1 Å². The SMILES string of the molecule is C=Cc1cn(C)c2c1ccc1c2c2ccccc2n1-c1ccnc(C2=C/CCc3ccccc3OC(=C)/C=C\2)n1. The van der Waals surface area contributed by atoms with E-state index in [1.807, 2.05) is 48.7 Å². The van der Waals surface area contributed by atoms with Crippen molar-refractivity contribution in [1.29, 1.82) is 0 Å². The van der Waals surface area contributed by atoms with Gasteiger partial charge in [0.05, 0.1) is 16.6 Å². The molecular formula is C35H28N4O. The van der Waals surface area contributed by atoms with Gasteiger partial charge in [0, 0.05) is 41.2 Å². The number of nitrogens with zero attached hydrogens (tertiary/aromatic N) is 4.